The summed E-state index contributed by atoms with van der Waals surface area (Å²) in [5.41, 5.74) is 5.22. The van der Waals surface area contributed by atoms with Crippen LogP contribution in [0.25, 0.3) is 0 Å². The second kappa shape index (κ2) is 9.56. The summed E-state index contributed by atoms with van der Waals surface area (Å²) in [6.45, 7) is 0. The maximum absolute atomic E-state index is 5.73. The lowest BCUT2D eigenvalue weighted by Crippen LogP contribution is -2.23. The van der Waals surface area contributed by atoms with E-state index in [2.05, 4.69) is 41.6 Å². The van der Waals surface area contributed by atoms with Crippen LogP contribution < -0.4 is 11.1 Å². The Kier molecular flexibility index (Phi) is 7.74. The molecule has 2 aromatic heterocycles. The van der Waals surface area contributed by atoms with Crippen LogP contribution in [0.1, 0.15) is 32.1 Å². The number of nitrogens with two attached hydrogens (primary N) is 1. The maximum Gasteiger partial charge on any atom is 0.165 e. The SMILES string of the molecule is Clc1cc(Br)c(NC2CCCCC2)nn1.Nc1nnc(Cl)cc1Cl. The molecule has 6 nitrogen and oxygen atoms in total. The summed E-state index contributed by atoms with van der Waals surface area (Å²) in [4.78, 5) is 0. The van der Waals surface area contributed by atoms with Gasteiger partial charge >= 0.3 is 0 Å². The molecule has 24 heavy (non-hydrogen) atoms. The normalized spacial score (nSPS) is 14.7. The molecule has 0 spiro atoms. The van der Waals surface area contributed by atoms with E-state index < -0.39 is 0 Å². The van der Waals surface area contributed by atoms with Crippen molar-refractivity contribution in [1.29, 1.82) is 0 Å². The van der Waals surface area contributed by atoms with Crippen molar-refractivity contribution in [1.82, 2.24) is 20.4 Å². The largest absolute Gasteiger partial charge is 0.381 e. The second-order valence-electron chi connectivity index (χ2n) is 5.24. The lowest BCUT2D eigenvalue weighted by atomic mass is 9.95. The highest BCUT2D eigenvalue weighted by Gasteiger charge is 2.15. The zero-order valence-corrected chi connectivity index (χ0v) is 16.5. The average molecular weight is 455 g/mol. The molecule has 3 N–H and O–H groups in total. The molecule has 3 rings (SSSR count). The van der Waals surface area contributed by atoms with Crippen LogP contribution in [0.3, 0.4) is 0 Å². The van der Waals surface area contributed by atoms with Crippen molar-refractivity contribution in [2.45, 2.75) is 38.1 Å². The number of nitrogen functional groups attached to an aromatic ring is 1. The summed E-state index contributed by atoms with van der Waals surface area (Å²) in [7, 11) is 0. The summed E-state index contributed by atoms with van der Waals surface area (Å²) in [5.74, 6) is 0.993. The first-order chi connectivity index (χ1) is 11.5. The third kappa shape index (κ3) is 6.20. The molecule has 0 aromatic carbocycles. The Bertz CT molecular complexity index is 682. The van der Waals surface area contributed by atoms with Gasteiger partial charge in [-0.1, -0.05) is 54.1 Å². The summed E-state index contributed by atoms with van der Waals surface area (Å²) in [6.07, 6.45) is 6.39. The van der Waals surface area contributed by atoms with Crippen LogP contribution in [-0.2, 0) is 0 Å². The minimum absolute atomic E-state index is 0.195. The molecule has 1 fully saturated rings. The van der Waals surface area contributed by atoms with E-state index >= 15 is 0 Å². The predicted molar refractivity (Wildman–Crippen MR) is 102 cm³/mol. The van der Waals surface area contributed by atoms with E-state index in [1.54, 1.807) is 6.07 Å². The minimum atomic E-state index is 0.195. The number of nitrogens with one attached hydrogen (secondary N) is 1. The number of rotatable bonds is 2. The lowest BCUT2D eigenvalue weighted by Gasteiger charge is -2.23. The summed E-state index contributed by atoms with van der Waals surface area (Å²) in [5, 5.41) is 19.1. The molecule has 2 aromatic rings. The van der Waals surface area contributed by atoms with Crippen LogP contribution in [0.5, 0.6) is 0 Å². The molecule has 0 amide bonds. The summed E-state index contributed by atoms with van der Waals surface area (Å²) >= 11 is 20.1. The number of hydrogen-bond acceptors (Lipinski definition) is 6. The van der Waals surface area contributed by atoms with Crippen LogP contribution in [-0.4, -0.2) is 26.4 Å². The number of halogens is 4. The van der Waals surface area contributed by atoms with E-state index in [1.807, 2.05) is 0 Å². The van der Waals surface area contributed by atoms with Gasteiger partial charge in [0.25, 0.3) is 0 Å². The van der Waals surface area contributed by atoms with Gasteiger partial charge < -0.3 is 11.1 Å². The molecular formula is C14H16BrCl3N6. The molecule has 0 bridgehead atoms. The van der Waals surface area contributed by atoms with Crippen LogP contribution in [0.15, 0.2) is 16.6 Å². The van der Waals surface area contributed by atoms with Gasteiger partial charge in [0.15, 0.2) is 21.9 Å². The highest BCUT2D eigenvalue weighted by Crippen LogP contribution is 2.26. The van der Waals surface area contributed by atoms with Crippen LogP contribution in [0.2, 0.25) is 15.3 Å². The van der Waals surface area contributed by atoms with Gasteiger partial charge in [0.2, 0.25) is 0 Å². The number of aromatic nitrogens is 4. The zero-order valence-electron chi connectivity index (χ0n) is 12.6. The third-order valence-corrected chi connectivity index (χ3v) is 4.68. The molecule has 130 valence electrons. The highest BCUT2D eigenvalue weighted by atomic mass is 79.9. The zero-order chi connectivity index (χ0) is 17.5. The molecule has 0 unspecified atom stereocenters. The number of hydrogen-bond donors (Lipinski definition) is 2. The fourth-order valence-electron chi connectivity index (χ4n) is 2.24. The first kappa shape index (κ1) is 19.4. The van der Waals surface area contributed by atoms with Crippen molar-refractivity contribution in [2.24, 2.45) is 0 Å². The van der Waals surface area contributed by atoms with Crippen molar-refractivity contribution in [3.63, 3.8) is 0 Å². The lowest BCUT2D eigenvalue weighted by molar-refractivity contribution is 0.461. The van der Waals surface area contributed by atoms with Gasteiger partial charge in [-0.25, -0.2) is 0 Å². The molecule has 2 heterocycles. The predicted octanol–water partition coefficient (Wildman–Crippen LogP) is 5.00. The quantitative estimate of drug-likeness (QED) is 0.664. The Morgan fingerprint density at radius 2 is 1.58 bits per heavy atom. The minimum Gasteiger partial charge on any atom is -0.381 e. The topological polar surface area (TPSA) is 89.6 Å². The Hall–Kier alpha value is -0.890. The fourth-order valence-corrected chi connectivity index (χ4v) is 3.28. The average Bonchev–Trinajstić information content (AvgIpc) is 2.56. The van der Waals surface area contributed by atoms with Gasteiger partial charge in [0.1, 0.15) is 0 Å². The van der Waals surface area contributed by atoms with Gasteiger partial charge in [-0.05, 0) is 40.9 Å². The summed E-state index contributed by atoms with van der Waals surface area (Å²) in [6, 6.07) is 3.73. The Labute approximate surface area is 163 Å². The molecule has 1 aliphatic rings. The van der Waals surface area contributed by atoms with Crippen molar-refractivity contribution in [3.8, 4) is 0 Å². The molecule has 1 saturated carbocycles. The van der Waals surface area contributed by atoms with Gasteiger partial charge in [0.05, 0.1) is 9.50 Å². The first-order valence-electron chi connectivity index (χ1n) is 7.35. The van der Waals surface area contributed by atoms with E-state index in [4.69, 9.17) is 40.5 Å². The van der Waals surface area contributed by atoms with Gasteiger partial charge in [-0.3, -0.25) is 0 Å². The molecule has 0 atom stereocenters. The highest BCUT2D eigenvalue weighted by molar-refractivity contribution is 9.10. The third-order valence-electron chi connectivity index (χ3n) is 3.41. The van der Waals surface area contributed by atoms with Crippen LogP contribution >= 0.6 is 50.7 Å². The summed E-state index contributed by atoms with van der Waals surface area (Å²) < 4.78 is 0.882. The fraction of sp³-hybridized carbons (Fsp3) is 0.429. The van der Waals surface area contributed by atoms with Crippen molar-refractivity contribution < 1.29 is 0 Å². The Morgan fingerprint density at radius 1 is 0.958 bits per heavy atom. The van der Waals surface area contributed by atoms with Gasteiger partial charge in [0, 0.05) is 6.04 Å². The number of anilines is 2. The van der Waals surface area contributed by atoms with E-state index in [9.17, 15) is 0 Å². The van der Waals surface area contributed by atoms with E-state index in [1.165, 1.54) is 38.2 Å². The van der Waals surface area contributed by atoms with Crippen LogP contribution in [0.4, 0.5) is 11.6 Å². The van der Waals surface area contributed by atoms with Crippen molar-refractivity contribution >= 4 is 62.4 Å². The molecule has 1 aliphatic carbocycles. The van der Waals surface area contributed by atoms with Crippen molar-refractivity contribution in [2.75, 3.05) is 11.1 Å². The maximum atomic E-state index is 5.73. The van der Waals surface area contributed by atoms with Gasteiger partial charge in [-0.2, -0.15) is 0 Å². The van der Waals surface area contributed by atoms with Gasteiger partial charge in [-0.15, -0.1) is 20.4 Å². The second-order valence-corrected chi connectivity index (χ2v) is 7.28. The standard InChI is InChI=1S/C10H13BrClN3.C4H3Cl2N3/c11-8-6-9(12)14-15-10(8)13-7-4-2-1-3-5-7;5-2-1-3(6)8-9-4(2)7/h6-7H,1-5H2,(H,13,15);1H,(H2,7,9). The smallest absolute Gasteiger partial charge is 0.165 e. The van der Waals surface area contributed by atoms with E-state index in [-0.39, 0.29) is 11.0 Å². The van der Waals surface area contributed by atoms with E-state index in [0.29, 0.717) is 16.2 Å². The molecule has 10 heteroatoms. The molecular weight excluding hydrogens is 438 g/mol. The Balaban J connectivity index is 0.000000198. The van der Waals surface area contributed by atoms with Crippen molar-refractivity contribution in [3.05, 3.63) is 31.9 Å². The monoisotopic (exact) mass is 452 g/mol. The van der Waals surface area contributed by atoms with Crippen LogP contribution in [0, 0.1) is 0 Å². The first-order valence-corrected chi connectivity index (χ1v) is 9.28. The molecule has 0 aliphatic heterocycles. The molecule has 0 saturated heterocycles. The Morgan fingerprint density at radius 3 is 2.17 bits per heavy atom. The number of nitrogens with zero attached hydrogens (tertiary/aromatic N) is 4. The van der Waals surface area contributed by atoms with E-state index in [0.717, 1.165) is 10.3 Å². The molecule has 0 radical (unpaired) electrons.